The van der Waals surface area contributed by atoms with E-state index < -0.39 is 0 Å². The van der Waals surface area contributed by atoms with Crippen molar-refractivity contribution in [1.29, 1.82) is 0 Å². The summed E-state index contributed by atoms with van der Waals surface area (Å²) in [6.45, 7) is 2.37. The SMILES string of the molecule is O=C(NCc1ccccc1)NC12CC3CC4CC(NCC(=O)N5Cc6ccccc6C5)(C1)C432. The molecule has 0 aromatic heterocycles. The summed E-state index contributed by atoms with van der Waals surface area (Å²) in [5, 5.41) is 10.1. The zero-order chi connectivity index (χ0) is 22.3. The van der Waals surface area contributed by atoms with E-state index in [9.17, 15) is 9.59 Å². The first kappa shape index (κ1) is 19.6. The second kappa shape index (κ2) is 6.60. The highest BCUT2D eigenvalue weighted by atomic mass is 16.2. The Balaban J connectivity index is 0.981. The van der Waals surface area contributed by atoms with Crippen molar-refractivity contribution < 1.29 is 9.59 Å². The number of nitrogens with one attached hydrogen (secondary N) is 3. The number of carbonyl (C=O) groups excluding carboxylic acids is 2. The quantitative estimate of drug-likeness (QED) is 0.644. The summed E-state index contributed by atoms with van der Waals surface area (Å²) < 4.78 is 0. The number of benzene rings is 2. The molecule has 1 spiro atoms. The van der Waals surface area contributed by atoms with Crippen LogP contribution >= 0.6 is 0 Å². The van der Waals surface area contributed by atoms with Gasteiger partial charge in [0.15, 0.2) is 0 Å². The van der Waals surface area contributed by atoms with E-state index >= 15 is 0 Å². The van der Waals surface area contributed by atoms with Crippen LogP contribution in [0, 0.1) is 17.3 Å². The molecule has 4 saturated carbocycles. The molecule has 2 aromatic rings. The molecule has 3 amide bonds. The van der Waals surface area contributed by atoms with Crippen molar-refractivity contribution in [3.05, 3.63) is 71.3 Å². The summed E-state index contributed by atoms with van der Waals surface area (Å²) in [4.78, 5) is 27.7. The molecule has 0 radical (unpaired) electrons. The highest BCUT2D eigenvalue weighted by Crippen LogP contribution is 2.90. The first-order valence-corrected chi connectivity index (χ1v) is 12.2. The molecule has 170 valence electrons. The summed E-state index contributed by atoms with van der Waals surface area (Å²) in [5.74, 6) is 1.57. The predicted octanol–water partition coefficient (Wildman–Crippen LogP) is 2.93. The van der Waals surface area contributed by atoms with Crippen molar-refractivity contribution in [2.24, 2.45) is 17.3 Å². The second-order valence-corrected chi connectivity index (χ2v) is 10.9. The van der Waals surface area contributed by atoms with Gasteiger partial charge in [0, 0.05) is 30.6 Å². The van der Waals surface area contributed by atoms with E-state index in [1.54, 1.807) is 0 Å². The van der Waals surface area contributed by atoms with Gasteiger partial charge in [-0.2, -0.15) is 0 Å². The van der Waals surface area contributed by atoms with Crippen LogP contribution in [-0.4, -0.2) is 34.5 Å². The van der Waals surface area contributed by atoms with Crippen LogP contribution in [0.5, 0.6) is 0 Å². The van der Waals surface area contributed by atoms with Crippen LogP contribution in [0.25, 0.3) is 0 Å². The van der Waals surface area contributed by atoms with Gasteiger partial charge in [-0.1, -0.05) is 54.6 Å². The molecule has 7 rings (SSSR count). The summed E-state index contributed by atoms with van der Waals surface area (Å²) in [6.07, 6.45) is 4.46. The van der Waals surface area contributed by atoms with E-state index in [4.69, 9.17) is 0 Å². The highest BCUT2D eigenvalue weighted by Gasteiger charge is 2.94. The fourth-order valence-electron chi connectivity index (χ4n) is 8.55. The molecule has 5 aliphatic rings. The van der Waals surface area contributed by atoms with Gasteiger partial charge in [0.2, 0.25) is 5.91 Å². The highest BCUT2D eigenvalue weighted by molar-refractivity contribution is 5.80. The molecule has 1 heterocycles. The summed E-state index contributed by atoms with van der Waals surface area (Å²) in [5.41, 5.74) is 3.76. The largest absolute Gasteiger partial charge is 0.334 e. The van der Waals surface area contributed by atoms with E-state index in [1.165, 1.54) is 17.5 Å². The molecule has 4 fully saturated rings. The number of hydrogen-bond acceptors (Lipinski definition) is 3. The molecule has 2 aromatic carbocycles. The van der Waals surface area contributed by atoms with E-state index in [-0.39, 0.29) is 28.4 Å². The van der Waals surface area contributed by atoms with Crippen LogP contribution in [0.4, 0.5) is 4.79 Å². The number of nitrogens with zero attached hydrogens (tertiary/aromatic N) is 1. The molecular formula is C27H30N4O2. The van der Waals surface area contributed by atoms with Crippen molar-refractivity contribution in [2.45, 2.75) is 56.4 Å². The van der Waals surface area contributed by atoms with Crippen LogP contribution in [-0.2, 0) is 24.4 Å². The van der Waals surface area contributed by atoms with Gasteiger partial charge in [-0.3, -0.25) is 4.79 Å². The summed E-state index contributed by atoms with van der Waals surface area (Å²) in [6, 6.07) is 18.3. The molecule has 6 heteroatoms. The van der Waals surface area contributed by atoms with Crippen molar-refractivity contribution >= 4 is 11.9 Å². The van der Waals surface area contributed by atoms with E-state index in [1.807, 2.05) is 47.4 Å². The lowest BCUT2D eigenvalue weighted by Crippen LogP contribution is -3.02. The molecule has 3 N–H and O–H groups in total. The Morgan fingerprint density at radius 1 is 0.909 bits per heavy atom. The zero-order valence-corrected chi connectivity index (χ0v) is 18.8. The Kier molecular flexibility index (Phi) is 3.92. The maximum atomic E-state index is 13.0. The van der Waals surface area contributed by atoms with Crippen LogP contribution in [0.2, 0.25) is 0 Å². The molecule has 4 aliphatic carbocycles. The van der Waals surface area contributed by atoms with Gasteiger partial charge in [-0.15, -0.1) is 0 Å². The van der Waals surface area contributed by atoms with Crippen LogP contribution < -0.4 is 16.0 Å². The molecule has 0 saturated heterocycles. The Morgan fingerprint density at radius 3 is 2.27 bits per heavy atom. The lowest BCUT2D eigenvalue weighted by atomic mass is 9.13. The van der Waals surface area contributed by atoms with Crippen molar-refractivity contribution in [3.63, 3.8) is 0 Å². The van der Waals surface area contributed by atoms with Gasteiger partial charge in [0.1, 0.15) is 0 Å². The molecular weight excluding hydrogens is 412 g/mol. The van der Waals surface area contributed by atoms with Gasteiger partial charge in [0.25, 0.3) is 0 Å². The average molecular weight is 443 g/mol. The van der Waals surface area contributed by atoms with Gasteiger partial charge in [-0.05, 0) is 54.2 Å². The molecule has 6 nitrogen and oxygen atoms in total. The normalized spacial score (nSPS) is 36.1. The molecule has 5 atom stereocenters. The number of carbonyl (C=O) groups is 2. The first-order chi connectivity index (χ1) is 16.1. The molecule has 33 heavy (non-hydrogen) atoms. The number of urea groups is 1. The number of hydrogen-bond donors (Lipinski definition) is 3. The van der Waals surface area contributed by atoms with E-state index in [0.717, 1.165) is 24.8 Å². The molecule has 5 unspecified atom stereocenters. The van der Waals surface area contributed by atoms with Gasteiger partial charge < -0.3 is 20.9 Å². The number of fused-ring (bicyclic) bond motifs is 1. The van der Waals surface area contributed by atoms with Crippen LogP contribution in [0.15, 0.2) is 54.6 Å². The third-order valence-electron chi connectivity index (χ3n) is 9.65. The predicted molar refractivity (Wildman–Crippen MR) is 124 cm³/mol. The maximum absolute atomic E-state index is 13.0. The standard InChI is InChI=1S/C27H30N4O2/c32-23(31-15-19-8-4-5-9-20(19)16-31)14-29-25-11-21-10-22-12-26(17-25,27(21,22)25)30-24(33)28-13-18-6-2-1-3-7-18/h1-9,21-22,29H,10-17H2,(H2,28,30,33). The minimum atomic E-state index is -0.0838. The lowest BCUT2D eigenvalue weighted by Gasteiger charge is -2.95. The lowest BCUT2D eigenvalue weighted by molar-refractivity contribution is -0.412. The Hall–Kier alpha value is -2.86. The van der Waals surface area contributed by atoms with Crippen LogP contribution in [0.1, 0.15) is 42.4 Å². The number of rotatable bonds is 6. The second-order valence-electron chi connectivity index (χ2n) is 10.9. The number of amides is 3. The fraction of sp³-hybridized carbons (Fsp3) is 0.481. The van der Waals surface area contributed by atoms with Gasteiger partial charge >= 0.3 is 6.03 Å². The van der Waals surface area contributed by atoms with Gasteiger partial charge in [-0.25, -0.2) is 4.79 Å². The van der Waals surface area contributed by atoms with Crippen molar-refractivity contribution in [1.82, 2.24) is 20.9 Å². The minimum absolute atomic E-state index is 0.0355. The zero-order valence-electron chi connectivity index (χ0n) is 18.8. The monoisotopic (exact) mass is 442 g/mol. The first-order valence-electron chi connectivity index (χ1n) is 12.2. The van der Waals surface area contributed by atoms with Crippen molar-refractivity contribution in [2.75, 3.05) is 6.54 Å². The third kappa shape index (κ3) is 2.42. The Bertz CT molecular complexity index is 1120. The average Bonchev–Trinajstić information content (AvgIpc) is 3.22. The summed E-state index contributed by atoms with van der Waals surface area (Å²) in [7, 11) is 0. The van der Waals surface area contributed by atoms with E-state index in [2.05, 4.69) is 28.1 Å². The van der Waals surface area contributed by atoms with Crippen LogP contribution in [0.3, 0.4) is 0 Å². The van der Waals surface area contributed by atoms with Gasteiger partial charge in [0.05, 0.1) is 12.1 Å². The smallest absolute Gasteiger partial charge is 0.315 e. The van der Waals surface area contributed by atoms with E-state index in [0.29, 0.717) is 38.0 Å². The Labute approximate surface area is 194 Å². The van der Waals surface area contributed by atoms with Crippen molar-refractivity contribution in [3.8, 4) is 0 Å². The topological polar surface area (TPSA) is 73.5 Å². The third-order valence-corrected chi connectivity index (χ3v) is 9.65. The molecule has 1 aliphatic heterocycles. The fourth-order valence-corrected chi connectivity index (χ4v) is 8.55. The molecule has 0 bridgehead atoms. The maximum Gasteiger partial charge on any atom is 0.315 e. The summed E-state index contributed by atoms with van der Waals surface area (Å²) >= 11 is 0. The Morgan fingerprint density at radius 2 is 1.58 bits per heavy atom. The minimum Gasteiger partial charge on any atom is -0.334 e.